The summed E-state index contributed by atoms with van der Waals surface area (Å²) in [6, 6.07) is 10.2. The zero-order chi connectivity index (χ0) is 27.6. The van der Waals surface area contributed by atoms with E-state index in [1.165, 1.54) is 56.9 Å². The van der Waals surface area contributed by atoms with Gasteiger partial charge in [0.15, 0.2) is 0 Å². The molecular weight excluding hydrogens is 482 g/mol. The summed E-state index contributed by atoms with van der Waals surface area (Å²) in [6.07, 6.45) is 16.1. The van der Waals surface area contributed by atoms with E-state index in [9.17, 15) is 14.7 Å². The molecule has 4 aliphatic rings. The number of aliphatic hydroxyl groups excluding tert-OH is 1. The second kappa shape index (κ2) is 12.0. The number of carbonyl (C=O) groups is 2. The maximum Gasteiger partial charge on any atom is 0.222 e. The van der Waals surface area contributed by atoms with Gasteiger partial charge in [-0.15, -0.1) is 0 Å². The number of nitrogens with zero attached hydrogens (tertiary/aromatic N) is 1. The summed E-state index contributed by atoms with van der Waals surface area (Å²) in [4.78, 5) is 26.9. The fourth-order valence-electron chi connectivity index (χ4n) is 9.84. The lowest BCUT2D eigenvalue weighted by molar-refractivity contribution is -0.156. The van der Waals surface area contributed by atoms with Crippen molar-refractivity contribution in [1.82, 2.24) is 4.90 Å². The van der Waals surface area contributed by atoms with Crippen LogP contribution in [0.25, 0.3) is 0 Å². The zero-order valence-electron chi connectivity index (χ0n) is 24.9. The number of Topliss-reactive ketones (excluding diaryl/α,β-unsaturated/α-hetero) is 1. The number of ketones is 1. The number of hydrogen-bond acceptors (Lipinski definition) is 3. The first kappa shape index (κ1) is 28.8. The van der Waals surface area contributed by atoms with Crippen molar-refractivity contribution in [2.75, 3.05) is 7.05 Å². The predicted molar refractivity (Wildman–Crippen MR) is 157 cm³/mol. The number of unbranched alkanes of at least 4 members (excludes halogenated alkanes) is 4. The van der Waals surface area contributed by atoms with Crippen LogP contribution in [0.1, 0.15) is 116 Å². The van der Waals surface area contributed by atoms with Crippen LogP contribution in [0.5, 0.6) is 0 Å². The average molecular weight is 536 g/mol. The standard InChI is InChI=1S/C35H53NO3/c1-34-20-18-28(37)23-27(34)22-26(33-29-16-17-31(38)35(29,2)21-19-30(33)34)14-10-5-4-6-11-15-32(39)36(3)24-25-12-8-7-9-13-25/h7-9,12-13,26-27,29-31,33,38H,4-6,10-11,14-24H2,1-3H3/t26-,27+,29+,30+,31+,33+,34+,35+/m1/s1. The third-order valence-electron chi connectivity index (χ3n) is 12.3. The highest BCUT2D eigenvalue weighted by Gasteiger charge is 2.62. The number of benzene rings is 1. The first-order chi connectivity index (χ1) is 18.7. The highest BCUT2D eigenvalue weighted by Crippen LogP contribution is 2.67. The quantitative estimate of drug-likeness (QED) is 0.314. The van der Waals surface area contributed by atoms with Crippen molar-refractivity contribution >= 4 is 11.7 Å². The van der Waals surface area contributed by atoms with Crippen LogP contribution in [0, 0.1) is 40.4 Å². The number of carbonyl (C=O) groups excluding carboxylic acids is 2. The number of amides is 1. The smallest absolute Gasteiger partial charge is 0.222 e. The molecule has 1 aromatic carbocycles. The lowest BCUT2D eigenvalue weighted by Gasteiger charge is -2.62. The Balaban J connectivity index is 1.11. The van der Waals surface area contributed by atoms with Gasteiger partial charge in [0, 0.05) is 32.9 Å². The molecule has 0 saturated heterocycles. The minimum Gasteiger partial charge on any atom is -0.393 e. The zero-order valence-corrected chi connectivity index (χ0v) is 24.9. The van der Waals surface area contributed by atoms with Crippen molar-refractivity contribution in [3.8, 4) is 0 Å². The molecule has 0 aliphatic heterocycles. The maximum atomic E-state index is 12.6. The van der Waals surface area contributed by atoms with Gasteiger partial charge in [-0.25, -0.2) is 0 Å². The second-order valence-corrected chi connectivity index (χ2v) is 14.4. The van der Waals surface area contributed by atoms with Crippen LogP contribution in [0.4, 0.5) is 0 Å². The third-order valence-corrected chi connectivity index (χ3v) is 12.3. The lowest BCUT2D eigenvalue weighted by Crippen LogP contribution is -2.57. The summed E-state index contributed by atoms with van der Waals surface area (Å²) < 4.78 is 0. The molecule has 5 rings (SSSR count). The van der Waals surface area contributed by atoms with E-state index in [0.717, 1.165) is 50.4 Å². The van der Waals surface area contributed by atoms with Crippen LogP contribution in [-0.4, -0.2) is 34.8 Å². The SMILES string of the molecule is CN(Cc1ccccc1)C(=O)CCCCCCC[C@@H]1C[C@H]2CC(=O)CC[C@]2(C)[C@H]2CC[C@]3(C)[C@@H](O)CC[C@H]3[C@H]12. The fraction of sp³-hybridized carbons (Fsp3) is 0.771. The van der Waals surface area contributed by atoms with Gasteiger partial charge in [-0.3, -0.25) is 9.59 Å². The topological polar surface area (TPSA) is 57.6 Å². The van der Waals surface area contributed by atoms with Crippen molar-refractivity contribution in [2.24, 2.45) is 40.4 Å². The minimum absolute atomic E-state index is 0.104. The Morgan fingerprint density at radius 2 is 1.67 bits per heavy atom. The summed E-state index contributed by atoms with van der Waals surface area (Å²) >= 11 is 0. The highest BCUT2D eigenvalue weighted by molar-refractivity contribution is 5.79. The van der Waals surface area contributed by atoms with Crippen molar-refractivity contribution in [1.29, 1.82) is 0 Å². The Bertz CT molecular complexity index is 993. The van der Waals surface area contributed by atoms with E-state index in [-0.39, 0.29) is 17.4 Å². The summed E-state index contributed by atoms with van der Waals surface area (Å²) in [5.41, 5.74) is 1.61. The lowest BCUT2D eigenvalue weighted by atomic mass is 9.42. The molecule has 4 saturated carbocycles. The van der Waals surface area contributed by atoms with E-state index in [1.807, 2.05) is 30.1 Å². The molecule has 0 bridgehead atoms. The van der Waals surface area contributed by atoms with Crippen LogP contribution in [0.2, 0.25) is 0 Å². The highest BCUT2D eigenvalue weighted by atomic mass is 16.3. The van der Waals surface area contributed by atoms with Crippen molar-refractivity contribution in [3.63, 3.8) is 0 Å². The van der Waals surface area contributed by atoms with Crippen molar-refractivity contribution in [3.05, 3.63) is 35.9 Å². The molecule has 4 aliphatic carbocycles. The summed E-state index contributed by atoms with van der Waals surface area (Å²) in [5, 5.41) is 11.0. The largest absolute Gasteiger partial charge is 0.393 e. The molecule has 0 spiro atoms. The van der Waals surface area contributed by atoms with Crippen LogP contribution >= 0.6 is 0 Å². The summed E-state index contributed by atoms with van der Waals surface area (Å²) in [5.74, 6) is 4.14. The Morgan fingerprint density at radius 3 is 2.46 bits per heavy atom. The average Bonchev–Trinajstić information content (AvgIpc) is 3.23. The molecule has 0 unspecified atom stereocenters. The Hall–Kier alpha value is -1.68. The van der Waals surface area contributed by atoms with Crippen molar-refractivity contribution < 1.29 is 14.7 Å². The molecule has 1 aromatic rings. The molecule has 4 heteroatoms. The summed E-state index contributed by atoms with van der Waals surface area (Å²) in [7, 11) is 1.91. The molecule has 4 fully saturated rings. The molecule has 4 nitrogen and oxygen atoms in total. The normalized spacial score (nSPS) is 37.6. The molecule has 1 N–H and O–H groups in total. The first-order valence-electron chi connectivity index (χ1n) is 16.2. The van der Waals surface area contributed by atoms with Crippen molar-refractivity contribution in [2.45, 2.75) is 123 Å². The Labute approximate surface area is 237 Å². The number of hydrogen-bond donors (Lipinski definition) is 1. The van der Waals surface area contributed by atoms with Gasteiger partial charge in [0.25, 0.3) is 0 Å². The fourth-order valence-corrected chi connectivity index (χ4v) is 9.84. The van der Waals surface area contributed by atoms with Gasteiger partial charge in [0.2, 0.25) is 5.91 Å². The molecule has 0 radical (unpaired) electrons. The Morgan fingerprint density at radius 1 is 0.949 bits per heavy atom. The van der Waals surface area contributed by atoms with Crippen LogP contribution < -0.4 is 0 Å². The Kier molecular flexibility index (Phi) is 8.91. The molecule has 39 heavy (non-hydrogen) atoms. The minimum atomic E-state index is -0.128. The van der Waals surface area contributed by atoms with E-state index in [2.05, 4.69) is 26.0 Å². The molecular formula is C35H53NO3. The van der Waals surface area contributed by atoms with E-state index in [4.69, 9.17) is 0 Å². The van der Waals surface area contributed by atoms with Gasteiger partial charge in [-0.05, 0) is 90.9 Å². The van der Waals surface area contributed by atoms with Crippen LogP contribution in [-0.2, 0) is 16.1 Å². The van der Waals surface area contributed by atoms with E-state index in [0.29, 0.717) is 41.9 Å². The van der Waals surface area contributed by atoms with E-state index in [1.54, 1.807) is 0 Å². The second-order valence-electron chi connectivity index (χ2n) is 14.4. The number of rotatable bonds is 10. The van der Waals surface area contributed by atoms with Gasteiger partial charge in [-0.2, -0.15) is 0 Å². The van der Waals surface area contributed by atoms with Gasteiger partial charge in [0.05, 0.1) is 6.10 Å². The first-order valence-corrected chi connectivity index (χ1v) is 16.2. The monoisotopic (exact) mass is 535 g/mol. The number of aliphatic hydroxyl groups is 1. The van der Waals surface area contributed by atoms with Gasteiger partial charge in [-0.1, -0.05) is 76.3 Å². The van der Waals surface area contributed by atoms with Gasteiger partial charge in [0.1, 0.15) is 5.78 Å². The molecule has 0 heterocycles. The van der Waals surface area contributed by atoms with Crippen LogP contribution in [0.3, 0.4) is 0 Å². The number of fused-ring (bicyclic) bond motifs is 5. The third kappa shape index (κ3) is 5.88. The summed E-state index contributed by atoms with van der Waals surface area (Å²) in [6.45, 7) is 5.61. The van der Waals surface area contributed by atoms with E-state index >= 15 is 0 Å². The van der Waals surface area contributed by atoms with Crippen LogP contribution in [0.15, 0.2) is 30.3 Å². The maximum absolute atomic E-state index is 12.6. The molecule has 0 aromatic heterocycles. The molecule has 1 amide bonds. The predicted octanol–water partition coefficient (Wildman–Crippen LogP) is 7.57. The molecule has 8 atom stereocenters. The molecule has 216 valence electrons. The van der Waals surface area contributed by atoms with E-state index < -0.39 is 0 Å². The van der Waals surface area contributed by atoms with Gasteiger partial charge >= 0.3 is 0 Å². The van der Waals surface area contributed by atoms with Gasteiger partial charge < -0.3 is 10.0 Å².